The Balaban J connectivity index is 1.27. The Kier molecular flexibility index (Phi) is 8.77. The lowest BCUT2D eigenvalue weighted by atomic mass is 10.1. The highest BCUT2D eigenvalue weighted by molar-refractivity contribution is 5.88. The number of nitrogens with one attached hydrogen (secondary N) is 3. The zero-order valence-corrected chi connectivity index (χ0v) is 19.8. The van der Waals surface area contributed by atoms with Crippen molar-refractivity contribution in [3.05, 3.63) is 35.9 Å². The van der Waals surface area contributed by atoms with E-state index in [1.165, 1.54) is 11.9 Å². The number of pyridine rings is 1. The zero-order chi connectivity index (χ0) is 24.5. The minimum atomic E-state index is -0.960. The van der Waals surface area contributed by atoms with Crippen LogP contribution in [0.25, 0.3) is 11.0 Å². The molecule has 0 fully saturated rings. The van der Waals surface area contributed by atoms with Crippen LogP contribution in [0.5, 0.6) is 0 Å². The number of carboxylic acids is 1. The molecule has 4 N–H and O–H groups in total. The number of aromatic nitrogens is 5. The summed E-state index contributed by atoms with van der Waals surface area (Å²) in [6.45, 7) is 2.52. The maximum Gasteiger partial charge on any atom is 0.326 e. The van der Waals surface area contributed by atoms with Crippen molar-refractivity contribution in [1.82, 2.24) is 30.0 Å². The van der Waals surface area contributed by atoms with Crippen LogP contribution < -0.4 is 10.6 Å². The minimum Gasteiger partial charge on any atom is -0.480 e. The summed E-state index contributed by atoms with van der Waals surface area (Å²) in [6.07, 6.45) is 8.75. The lowest BCUT2D eigenvalue weighted by molar-refractivity contribution is -0.138. The molecule has 0 saturated heterocycles. The van der Waals surface area contributed by atoms with Gasteiger partial charge in [0.2, 0.25) is 0 Å². The fourth-order valence-electron chi connectivity index (χ4n) is 4.38. The molecule has 11 heteroatoms. The first-order valence-electron chi connectivity index (χ1n) is 12.3. The van der Waals surface area contributed by atoms with Crippen molar-refractivity contribution in [3.8, 4) is 0 Å². The van der Waals surface area contributed by atoms with Gasteiger partial charge in [-0.1, -0.05) is 6.07 Å². The lowest BCUT2D eigenvalue weighted by Gasteiger charge is -2.24. The summed E-state index contributed by atoms with van der Waals surface area (Å²) < 4.78 is 12.9. The number of aliphatic carboxylic acids is 1. The van der Waals surface area contributed by atoms with E-state index in [4.69, 9.17) is 4.98 Å². The summed E-state index contributed by atoms with van der Waals surface area (Å²) in [6, 6.07) is 3.45. The Hall–Kier alpha value is -3.34. The van der Waals surface area contributed by atoms with Crippen LogP contribution in [0, 0.1) is 0 Å². The Morgan fingerprint density at radius 1 is 1.20 bits per heavy atom. The second kappa shape index (κ2) is 12.4. The van der Waals surface area contributed by atoms with Crippen LogP contribution in [0.3, 0.4) is 0 Å². The van der Waals surface area contributed by atoms with E-state index in [0.29, 0.717) is 42.8 Å². The molecule has 0 aromatic carbocycles. The second-order valence-corrected chi connectivity index (χ2v) is 8.86. The van der Waals surface area contributed by atoms with Gasteiger partial charge < -0.3 is 20.6 Å². The van der Waals surface area contributed by atoms with Crippen molar-refractivity contribution in [2.24, 2.45) is 0 Å². The molecule has 0 spiro atoms. The summed E-state index contributed by atoms with van der Waals surface area (Å²) in [5.74, 6) is 0.484. The molecule has 0 aliphatic carbocycles. The average molecular weight is 485 g/mol. The van der Waals surface area contributed by atoms with Crippen LogP contribution in [-0.2, 0) is 17.6 Å². The van der Waals surface area contributed by atoms with Crippen molar-refractivity contribution in [2.45, 2.75) is 51.0 Å². The topological polar surface area (TPSA) is 132 Å². The molecule has 4 rings (SSSR count). The average Bonchev–Trinajstić information content (AvgIpc) is 3.36. The van der Waals surface area contributed by atoms with Gasteiger partial charge in [-0.25, -0.2) is 19.7 Å². The van der Waals surface area contributed by atoms with Crippen LogP contribution in [0.4, 0.5) is 16.0 Å². The lowest BCUT2D eigenvalue weighted by Crippen LogP contribution is -2.36. The molecule has 0 saturated carbocycles. The van der Waals surface area contributed by atoms with Gasteiger partial charge in [0, 0.05) is 25.3 Å². The number of carboxylic acid groups (broad SMARTS) is 1. The van der Waals surface area contributed by atoms with E-state index >= 15 is 0 Å². The summed E-state index contributed by atoms with van der Waals surface area (Å²) in [7, 11) is 0. The normalized spacial score (nSPS) is 14.0. The number of aromatic amines is 1. The van der Waals surface area contributed by atoms with Crippen LogP contribution in [0.1, 0.15) is 43.4 Å². The van der Waals surface area contributed by atoms with Crippen LogP contribution in [0.2, 0.25) is 0 Å². The number of hydrogen-bond donors (Lipinski definition) is 4. The molecule has 188 valence electrons. The highest BCUT2D eigenvalue weighted by Crippen LogP contribution is 2.21. The van der Waals surface area contributed by atoms with Crippen LogP contribution >= 0.6 is 0 Å². The van der Waals surface area contributed by atoms with Gasteiger partial charge in [0.25, 0.3) is 0 Å². The van der Waals surface area contributed by atoms with Gasteiger partial charge in [-0.2, -0.15) is 5.10 Å². The van der Waals surface area contributed by atoms with E-state index in [-0.39, 0.29) is 6.67 Å². The third-order valence-electron chi connectivity index (χ3n) is 6.31. The number of rotatable bonds is 14. The number of fused-ring (bicyclic) bond motifs is 2. The van der Waals surface area contributed by atoms with Crippen LogP contribution in [-0.4, -0.2) is 80.0 Å². The Morgan fingerprint density at radius 3 is 2.94 bits per heavy atom. The van der Waals surface area contributed by atoms with Crippen molar-refractivity contribution in [2.75, 3.05) is 43.5 Å². The minimum absolute atomic E-state index is 0.364. The summed E-state index contributed by atoms with van der Waals surface area (Å²) in [5, 5.41) is 23.5. The van der Waals surface area contributed by atoms with E-state index < -0.39 is 12.0 Å². The van der Waals surface area contributed by atoms with Crippen molar-refractivity contribution in [1.29, 1.82) is 0 Å². The number of unbranched alkanes of at least 4 members (excludes halogenated alkanes) is 1. The number of carbonyl (C=O) groups is 1. The standard InChI is InChI=1S/C24H33FN8O2/c25-10-4-13-33(12-2-1-6-18-8-7-17-5-3-11-26-21(17)30-18)14-9-20(24(34)35)31-22-19-15-29-32-23(19)28-16-27-22/h7-8,15-16,20H,1-6,9-14H2,(H,26,30)(H,34,35)(H2,27,28,29,31,32)/t20-/m0/s1. The molecule has 1 atom stereocenters. The number of H-pyrrole nitrogens is 1. The summed E-state index contributed by atoms with van der Waals surface area (Å²) in [4.78, 5) is 27.1. The number of aryl methyl sites for hydroxylation is 2. The van der Waals surface area contributed by atoms with Gasteiger partial charge >= 0.3 is 5.97 Å². The van der Waals surface area contributed by atoms with Gasteiger partial charge in [0.05, 0.1) is 18.3 Å². The molecule has 1 aliphatic rings. The largest absolute Gasteiger partial charge is 0.480 e. The molecule has 1 aliphatic heterocycles. The predicted molar refractivity (Wildman–Crippen MR) is 132 cm³/mol. The second-order valence-electron chi connectivity index (χ2n) is 8.86. The molecule has 0 amide bonds. The first-order chi connectivity index (χ1) is 17.1. The Bertz CT molecular complexity index is 1110. The molecule has 0 bridgehead atoms. The Labute approximate surface area is 203 Å². The number of anilines is 2. The van der Waals surface area contributed by atoms with Gasteiger partial charge in [-0.15, -0.1) is 0 Å². The molecule has 0 radical (unpaired) electrons. The van der Waals surface area contributed by atoms with Crippen molar-refractivity contribution in [3.63, 3.8) is 0 Å². The monoisotopic (exact) mass is 484 g/mol. The predicted octanol–water partition coefficient (Wildman–Crippen LogP) is 3.05. The smallest absolute Gasteiger partial charge is 0.326 e. The fraction of sp³-hybridized carbons (Fsp3) is 0.542. The fourth-order valence-corrected chi connectivity index (χ4v) is 4.38. The van der Waals surface area contributed by atoms with Crippen molar-refractivity contribution < 1.29 is 14.3 Å². The van der Waals surface area contributed by atoms with Gasteiger partial charge in [-0.3, -0.25) is 9.49 Å². The number of hydrogen-bond acceptors (Lipinski definition) is 8. The van der Waals surface area contributed by atoms with Crippen molar-refractivity contribution >= 4 is 28.6 Å². The van der Waals surface area contributed by atoms with Gasteiger partial charge in [0.15, 0.2) is 5.65 Å². The summed E-state index contributed by atoms with van der Waals surface area (Å²) >= 11 is 0. The SMILES string of the molecule is O=C(O)[C@H](CCN(CCCF)CCCCc1ccc2c(n1)NCCC2)Nc1ncnc2[nH]ncc12. The highest BCUT2D eigenvalue weighted by atomic mass is 19.1. The van der Waals surface area contributed by atoms with E-state index in [1.807, 2.05) is 0 Å². The first-order valence-corrected chi connectivity index (χ1v) is 12.3. The van der Waals surface area contributed by atoms with E-state index in [9.17, 15) is 14.3 Å². The number of alkyl halides is 1. The Morgan fingerprint density at radius 2 is 2.09 bits per heavy atom. The zero-order valence-electron chi connectivity index (χ0n) is 19.8. The van der Waals surface area contributed by atoms with E-state index in [1.54, 1.807) is 6.20 Å². The third-order valence-corrected chi connectivity index (χ3v) is 6.31. The number of nitrogens with zero attached hydrogens (tertiary/aromatic N) is 5. The van der Waals surface area contributed by atoms with E-state index in [2.05, 4.69) is 47.8 Å². The molecule has 3 aromatic rings. The molecular weight excluding hydrogens is 451 g/mol. The van der Waals surface area contributed by atoms with E-state index in [0.717, 1.165) is 56.7 Å². The van der Waals surface area contributed by atoms with Gasteiger partial charge in [0.1, 0.15) is 24.0 Å². The molecule has 35 heavy (non-hydrogen) atoms. The molecule has 10 nitrogen and oxygen atoms in total. The maximum atomic E-state index is 12.9. The summed E-state index contributed by atoms with van der Waals surface area (Å²) in [5.41, 5.74) is 2.91. The number of halogens is 1. The first kappa shape index (κ1) is 24.8. The third kappa shape index (κ3) is 6.84. The highest BCUT2D eigenvalue weighted by Gasteiger charge is 2.21. The quantitative estimate of drug-likeness (QED) is 0.255. The maximum absolute atomic E-state index is 12.9. The molecule has 0 unspecified atom stereocenters. The molecular formula is C24H33FN8O2. The van der Waals surface area contributed by atoms with Crippen LogP contribution in [0.15, 0.2) is 24.7 Å². The molecule has 4 heterocycles. The molecule has 3 aromatic heterocycles. The van der Waals surface area contributed by atoms with Gasteiger partial charge in [-0.05, 0) is 63.1 Å².